The summed E-state index contributed by atoms with van der Waals surface area (Å²) in [5.41, 5.74) is 20.5. The van der Waals surface area contributed by atoms with Gasteiger partial charge in [0.25, 0.3) is 0 Å². The zero-order valence-electron chi connectivity index (χ0n) is 15.9. The van der Waals surface area contributed by atoms with Gasteiger partial charge in [-0.2, -0.15) is 0 Å². The second-order valence-electron chi connectivity index (χ2n) is 6.83. The summed E-state index contributed by atoms with van der Waals surface area (Å²) >= 11 is 0. The molecule has 0 aliphatic carbocycles. The van der Waals surface area contributed by atoms with Gasteiger partial charge in [-0.3, -0.25) is 9.36 Å². The van der Waals surface area contributed by atoms with Crippen molar-refractivity contribution < 1.29 is 24.9 Å². The standard InChI is InChI=1S/C15H21N9O5S/c1-30(3-2-6(16)14(27)28)4-7-9(25)10(26)13(29-7)24-12-8(11(17)19-5-20-12)21-15(24)22-23-18/h5-7,9-10,13,25-26H,2-4,16H2,1H3,(H2-,17,19,20,27,28)/p+1/t6-,7+,9+,10+,13+,30?/m0/s1. The number of carbonyl (C=O) groups is 1. The average Bonchev–Trinajstić information content (AvgIpc) is 3.19. The highest BCUT2D eigenvalue weighted by Crippen LogP contribution is 2.36. The minimum Gasteiger partial charge on any atom is -0.480 e. The molecule has 14 nitrogen and oxygen atoms in total. The normalized spacial score (nSPS) is 25.7. The van der Waals surface area contributed by atoms with Crippen molar-refractivity contribution in [2.45, 2.75) is 37.0 Å². The number of hydrogen-bond acceptors (Lipinski definition) is 10. The van der Waals surface area contributed by atoms with Crippen molar-refractivity contribution in [2.75, 3.05) is 23.5 Å². The minimum atomic E-state index is -1.35. The van der Waals surface area contributed by atoms with Crippen molar-refractivity contribution in [3.8, 4) is 0 Å². The molecule has 2 aromatic rings. The largest absolute Gasteiger partial charge is 0.480 e. The molecule has 1 aliphatic heterocycles. The van der Waals surface area contributed by atoms with E-state index in [1.54, 1.807) is 0 Å². The zero-order valence-corrected chi connectivity index (χ0v) is 16.8. The van der Waals surface area contributed by atoms with Gasteiger partial charge in [0.15, 0.2) is 23.2 Å². The van der Waals surface area contributed by atoms with Gasteiger partial charge in [-0.25, -0.2) is 15.0 Å². The Bertz CT molecular complexity index is 981. The second kappa shape index (κ2) is 8.99. The van der Waals surface area contributed by atoms with Gasteiger partial charge in [-0.05, 0) is 21.5 Å². The van der Waals surface area contributed by atoms with Crippen LogP contribution in [0.2, 0.25) is 0 Å². The molecule has 0 bridgehead atoms. The number of azide groups is 1. The first kappa shape index (κ1) is 22.0. The number of nitrogens with zero attached hydrogens (tertiary/aromatic N) is 7. The molecule has 3 heterocycles. The van der Waals surface area contributed by atoms with Crippen molar-refractivity contribution in [1.29, 1.82) is 0 Å². The lowest BCUT2D eigenvalue weighted by Crippen LogP contribution is -2.37. The van der Waals surface area contributed by atoms with Crippen LogP contribution in [-0.2, 0) is 20.4 Å². The van der Waals surface area contributed by atoms with Crippen molar-refractivity contribution in [1.82, 2.24) is 19.5 Å². The van der Waals surface area contributed by atoms with Crippen LogP contribution in [0.25, 0.3) is 21.6 Å². The SMILES string of the molecule is C[S+](CC[C@H](N)C(=O)O)C[C@H]1O[C@@H](n2c(N=[N+]=[N-])nc3c(N)ncnc32)[C@H](O)[C@@H]1O. The molecule has 0 spiro atoms. The van der Waals surface area contributed by atoms with E-state index >= 15 is 0 Å². The molecule has 0 radical (unpaired) electrons. The highest BCUT2D eigenvalue weighted by Gasteiger charge is 2.47. The van der Waals surface area contributed by atoms with Crippen molar-refractivity contribution in [3.63, 3.8) is 0 Å². The van der Waals surface area contributed by atoms with Crippen LogP contribution in [0.3, 0.4) is 0 Å². The maximum atomic E-state index is 10.9. The first-order valence-electron chi connectivity index (χ1n) is 8.87. The lowest BCUT2D eigenvalue weighted by atomic mass is 10.1. The number of hydrogen-bond donors (Lipinski definition) is 5. The van der Waals surface area contributed by atoms with E-state index in [4.69, 9.17) is 26.8 Å². The third kappa shape index (κ3) is 4.26. The molecular weight excluding hydrogens is 418 g/mol. The molecule has 0 amide bonds. The third-order valence-corrected chi connectivity index (χ3v) is 6.59. The monoisotopic (exact) mass is 440 g/mol. The Balaban J connectivity index is 1.82. The van der Waals surface area contributed by atoms with Gasteiger partial charge in [0.1, 0.15) is 42.2 Å². The topological polar surface area (TPSA) is 231 Å². The van der Waals surface area contributed by atoms with E-state index in [1.807, 2.05) is 6.26 Å². The van der Waals surface area contributed by atoms with Gasteiger partial charge in [0.05, 0.1) is 6.26 Å². The van der Waals surface area contributed by atoms with Crippen LogP contribution in [-0.4, -0.2) is 82.9 Å². The first-order chi connectivity index (χ1) is 14.2. The molecule has 1 fully saturated rings. The number of anilines is 1. The lowest BCUT2D eigenvalue weighted by Gasteiger charge is -2.18. The molecule has 0 saturated carbocycles. The van der Waals surface area contributed by atoms with Crippen LogP contribution >= 0.6 is 0 Å². The molecule has 1 saturated heterocycles. The summed E-state index contributed by atoms with van der Waals surface area (Å²) in [6, 6.07) is -0.957. The summed E-state index contributed by atoms with van der Waals surface area (Å²) in [5, 5.41) is 33.5. The number of aliphatic carboxylic acids is 1. The molecule has 30 heavy (non-hydrogen) atoms. The van der Waals surface area contributed by atoms with Crippen LogP contribution in [0.15, 0.2) is 11.4 Å². The predicted octanol–water partition coefficient (Wildman–Crippen LogP) is -0.980. The average molecular weight is 440 g/mol. The number of nitrogen functional groups attached to an aromatic ring is 1. The van der Waals surface area contributed by atoms with E-state index in [0.29, 0.717) is 11.5 Å². The maximum absolute atomic E-state index is 10.9. The van der Waals surface area contributed by atoms with Gasteiger partial charge in [0.2, 0.25) is 5.95 Å². The summed E-state index contributed by atoms with van der Waals surface area (Å²) < 4.78 is 7.16. The number of aromatic nitrogens is 4. The van der Waals surface area contributed by atoms with E-state index < -0.39 is 36.6 Å². The van der Waals surface area contributed by atoms with Crippen LogP contribution < -0.4 is 11.5 Å². The van der Waals surface area contributed by atoms with Crippen molar-refractivity contribution in [2.24, 2.45) is 10.8 Å². The third-order valence-electron chi connectivity index (χ3n) is 4.76. The molecule has 1 unspecified atom stereocenters. The highest BCUT2D eigenvalue weighted by molar-refractivity contribution is 7.96. The molecule has 2 aromatic heterocycles. The Morgan fingerprint density at radius 3 is 2.87 bits per heavy atom. The lowest BCUT2D eigenvalue weighted by molar-refractivity contribution is -0.138. The Kier molecular flexibility index (Phi) is 6.60. The van der Waals surface area contributed by atoms with Gasteiger partial charge < -0.3 is 31.5 Å². The van der Waals surface area contributed by atoms with Crippen LogP contribution in [0.1, 0.15) is 12.6 Å². The molecule has 3 rings (SSSR count). The van der Waals surface area contributed by atoms with E-state index in [0.717, 1.165) is 0 Å². The Morgan fingerprint density at radius 1 is 1.47 bits per heavy atom. The first-order valence-corrected chi connectivity index (χ1v) is 10.8. The van der Waals surface area contributed by atoms with E-state index in [9.17, 15) is 15.0 Å². The smallest absolute Gasteiger partial charge is 0.320 e. The summed E-state index contributed by atoms with van der Waals surface area (Å²) in [6.07, 6.45) is -1.06. The molecule has 7 N–H and O–H groups in total. The molecule has 162 valence electrons. The summed E-state index contributed by atoms with van der Waals surface area (Å²) in [4.78, 5) is 25.6. The fourth-order valence-electron chi connectivity index (χ4n) is 3.16. The summed E-state index contributed by atoms with van der Waals surface area (Å²) in [7, 11) is -0.326. The molecule has 0 aromatic carbocycles. The van der Waals surface area contributed by atoms with Crippen LogP contribution in [0, 0.1) is 0 Å². The Hall–Kier alpha value is -2.68. The zero-order chi connectivity index (χ0) is 22.0. The number of rotatable bonds is 8. The number of fused-ring (bicyclic) bond motifs is 1. The van der Waals surface area contributed by atoms with E-state index in [1.165, 1.54) is 10.9 Å². The van der Waals surface area contributed by atoms with Gasteiger partial charge in [-0.15, -0.1) is 0 Å². The summed E-state index contributed by atoms with van der Waals surface area (Å²) in [6.45, 7) is 0. The number of carboxylic acids is 1. The van der Waals surface area contributed by atoms with Crippen LogP contribution in [0.4, 0.5) is 11.8 Å². The quantitative estimate of drug-likeness (QED) is 0.146. The highest BCUT2D eigenvalue weighted by atomic mass is 32.2. The summed E-state index contributed by atoms with van der Waals surface area (Å²) in [5.74, 6) is -0.245. The Labute approximate surface area is 172 Å². The number of imidazole rings is 1. The van der Waals surface area contributed by atoms with Crippen LogP contribution in [0.5, 0.6) is 0 Å². The molecular formula is C15H22N9O5S+. The van der Waals surface area contributed by atoms with E-state index in [-0.39, 0.29) is 40.2 Å². The number of aliphatic hydroxyl groups excluding tert-OH is 2. The van der Waals surface area contributed by atoms with Gasteiger partial charge in [0, 0.05) is 11.3 Å². The van der Waals surface area contributed by atoms with E-state index in [2.05, 4.69) is 25.0 Å². The molecule has 15 heteroatoms. The number of ether oxygens (including phenoxy) is 1. The van der Waals surface area contributed by atoms with Gasteiger partial charge in [-0.1, -0.05) is 0 Å². The number of nitrogens with two attached hydrogens (primary N) is 2. The fourth-order valence-corrected chi connectivity index (χ4v) is 4.81. The molecule has 6 atom stereocenters. The van der Waals surface area contributed by atoms with Gasteiger partial charge >= 0.3 is 5.97 Å². The number of carboxylic acid groups (broad SMARTS) is 1. The van der Waals surface area contributed by atoms with Crippen molar-refractivity contribution >= 4 is 39.8 Å². The minimum absolute atomic E-state index is 0.0580. The maximum Gasteiger partial charge on any atom is 0.320 e. The predicted molar refractivity (Wildman–Crippen MR) is 108 cm³/mol. The number of aliphatic hydroxyl groups is 2. The van der Waals surface area contributed by atoms with Crippen molar-refractivity contribution in [3.05, 3.63) is 16.8 Å². The second-order valence-corrected chi connectivity index (χ2v) is 9.14. The Morgan fingerprint density at radius 2 is 2.20 bits per heavy atom. The fraction of sp³-hybridized carbons (Fsp3) is 0.600. The molecule has 1 aliphatic rings.